The average molecular weight is 440 g/mol. The molecule has 4 rings (SSSR count). The van der Waals surface area contributed by atoms with Crippen molar-refractivity contribution in [2.45, 2.75) is 27.3 Å². The third kappa shape index (κ3) is 4.57. The van der Waals surface area contributed by atoms with Crippen LogP contribution in [0, 0.1) is 20.8 Å². The molecule has 0 saturated heterocycles. The number of hydrogen-bond donors (Lipinski definition) is 1. The second kappa shape index (κ2) is 9.16. The highest BCUT2D eigenvalue weighted by Crippen LogP contribution is 2.29. The van der Waals surface area contributed by atoms with Crippen molar-refractivity contribution in [1.82, 2.24) is 24.8 Å². The maximum absolute atomic E-state index is 12.7. The van der Waals surface area contributed by atoms with E-state index >= 15 is 0 Å². The molecular weight excluding hydrogens is 414 g/mol. The minimum absolute atomic E-state index is 0.179. The molecule has 0 fully saturated rings. The molecule has 0 aliphatic carbocycles. The molecule has 0 aliphatic rings. The van der Waals surface area contributed by atoms with Gasteiger partial charge in [-0.3, -0.25) is 14.6 Å². The van der Waals surface area contributed by atoms with Crippen LogP contribution in [0.2, 0.25) is 0 Å². The molecule has 0 saturated carbocycles. The van der Waals surface area contributed by atoms with Crippen LogP contribution < -0.4 is 10.9 Å². The minimum atomic E-state index is -0.372. The van der Waals surface area contributed by atoms with Crippen molar-refractivity contribution in [3.8, 4) is 22.4 Å². The van der Waals surface area contributed by atoms with Gasteiger partial charge in [-0.2, -0.15) is 0 Å². The fourth-order valence-corrected chi connectivity index (χ4v) is 3.74. The Morgan fingerprint density at radius 1 is 1.00 bits per heavy atom. The lowest BCUT2D eigenvalue weighted by molar-refractivity contribution is 0.0948. The van der Waals surface area contributed by atoms with Crippen molar-refractivity contribution in [1.29, 1.82) is 0 Å². The zero-order chi connectivity index (χ0) is 23.5. The van der Waals surface area contributed by atoms with Gasteiger partial charge in [-0.25, -0.2) is 9.97 Å². The SMILES string of the molecule is Cc1ncc(-c2ccncc2)c(-c2ccc(CNC(=O)c3c(C)cc(C)n(C)c3=O)cc2)n1. The molecular formula is C26H25N5O2. The third-order valence-electron chi connectivity index (χ3n) is 5.68. The summed E-state index contributed by atoms with van der Waals surface area (Å²) in [4.78, 5) is 38.3. The first-order valence-corrected chi connectivity index (χ1v) is 10.6. The van der Waals surface area contributed by atoms with Gasteiger partial charge in [-0.05, 0) is 55.7 Å². The third-order valence-corrected chi connectivity index (χ3v) is 5.68. The van der Waals surface area contributed by atoms with Gasteiger partial charge in [-0.15, -0.1) is 0 Å². The van der Waals surface area contributed by atoms with Gasteiger partial charge in [0.05, 0.1) is 5.69 Å². The van der Waals surface area contributed by atoms with Crippen LogP contribution in [0.4, 0.5) is 0 Å². The number of rotatable bonds is 5. The van der Waals surface area contributed by atoms with Crippen LogP contribution in [-0.2, 0) is 13.6 Å². The van der Waals surface area contributed by atoms with Crippen LogP contribution in [0.3, 0.4) is 0 Å². The predicted molar refractivity (Wildman–Crippen MR) is 128 cm³/mol. The predicted octanol–water partition coefficient (Wildman–Crippen LogP) is 3.76. The number of pyridine rings is 2. The molecule has 0 aliphatic heterocycles. The number of benzene rings is 1. The van der Waals surface area contributed by atoms with E-state index in [-0.39, 0.29) is 17.0 Å². The summed E-state index contributed by atoms with van der Waals surface area (Å²) in [5, 5.41) is 2.86. The Morgan fingerprint density at radius 3 is 2.39 bits per heavy atom. The first kappa shape index (κ1) is 22.1. The van der Waals surface area contributed by atoms with Gasteiger partial charge in [0.2, 0.25) is 0 Å². The van der Waals surface area contributed by atoms with Crippen molar-refractivity contribution in [3.63, 3.8) is 0 Å². The fraction of sp³-hybridized carbons (Fsp3) is 0.192. The Bertz CT molecular complexity index is 1380. The second-order valence-electron chi connectivity index (χ2n) is 8.00. The van der Waals surface area contributed by atoms with Gasteiger partial charge in [0, 0.05) is 49.0 Å². The topological polar surface area (TPSA) is 89.8 Å². The Labute approximate surface area is 192 Å². The molecule has 0 radical (unpaired) electrons. The monoisotopic (exact) mass is 439 g/mol. The van der Waals surface area contributed by atoms with Crippen LogP contribution in [0.1, 0.15) is 33.0 Å². The van der Waals surface area contributed by atoms with E-state index in [1.165, 1.54) is 4.57 Å². The molecule has 3 aromatic heterocycles. The van der Waals surface area contributed by atoms with Gasteiger partial charge in [0.25, 0.3) is 11.5 Å². The van der Waals surface area contributed by atoms with Crippen LogP contribution in [-0.4, -0.2) is 25.4 Å². The number of nitrogens with one attached hydrogen (secondary N) is 1. The molecule has 0 spiro atoms. The molecule has 166 valence electrons. The summed E-state index contributed by atoms with van der Waals surface area (Å²) in [7, 11) is 1.67. The van der Waals surface area contributed by atoms with E-state index in [9.17, 15) is 9.59 Å². The molecule has 1 N–H and O–H groups in total. The summed E-state index contributed by atoms with van der Waals surface area (Å²) in [5.41, 5.74) is 6.00. The van der Waals surface area contributed by atoms with Crippen LogP contribution in [0.15, 0.2) is 65.8 Å². The maximum Gasteiger partial charge on any atom is 0.263 e. The van der Waals surface area contributed by atoms with E-state index in [0.717, 1.165) is 33.6 Å². The highest BCUT2D eigenvalue weighted by molar-refractivity contribution is 5.95. The van der Waals surface area contributed by atoms with E-state index in [0.29, 0.717) is 17.9 Å². The van der Waals surface area contributed by atoms with Crippen molar-refractivity contribution in [2.24, 2.45) is 7.05 Å². The summed E-state index contributed by atoms with van der Waals surface area (Å²) in [6, 6.07) is 13.5. The van der Waals surface area contributed by atoms with Crippen molar-refractivity contribution >= 4 is 5.91 Å². The van der Waals surface area contributed by atoms with Crippen LogP contribution in [0.5, 0.6) is 0 Å². The molecule has 7 heteroatoms. The van der Waals surface area contributed by atoms with Crippen LogP contribution in [0.25, 0.3) is 22.4 Å². The van der Waals surface area contributed by atoms with Crippen molar-refractivity contribution < 1.29 is 4.79 Å². The molecule has 4 aromatic rings. The molecule has 0 unspecified atom stereocenters. The molecule has 0 atom stereocenters. The second-order valence-corrected chi connectivity index (χ2v) is 8.00. The van der Waals surface area contributed by atoms with E-state index < -0.39 is 0 Å². The standard InChI is InChI=1S/C26H25N5O2/c1-16-13-17(2)31(4)26(33)23(16)25(32)29-14-19-5-7-21(8-6-19)24-22(15-28-18(3)30-24)20-9-11-27-12-10-20/h5-13,15H,14H2,1-4H3,(H,29,32). The molecule has 3 heterocycles. The molecule has 0 bridgehead atoms. The lowest BCUT2D eigenvalue weighted by Gasteiger charge is -2.12. The fourth-order valence-electron chi connectivity index (χ4n) is 3.74. The van der Waals surface area contributed by atoms with Crippen LogP contribution >= 0.6 is 0 Å². The Hall–Kier alpha value is -4.13. The van der Waals surface area contributed by atoms with E-state index in [4.69, 9.17) is 0 Å². The van der Waals surface area contributed by atoms with Crippen molar-refractivity contribution in [3.05, 3.63) is 99.6 Å². The summed E-state index contributed by atoms with van der Waals surface area (Å²) >= 11 is 0. The molecule has 1 aromatic carbocycles. The maximum atomic E-state index is 12.7. The number of carbonyl (C=O) groups is 1. The van der Waals surface area contributed by atoms with Gasteiger partial charge >= 0.3 is 0 Å². The Balaban J connectivity index is 1.55. The van der Waals surface area contributed by atoms with Gasteiger partial charge < -0.3 is 9.88 Å². The summed E-state index contributed by atoms with van der Waals surface area (Å²) < 4.78 is 1.49. The number of aryl methyl sites for hydroxylation is 3. The highest BCUT2D eigenvalue weighted by Gasteiger charge is 2.16. The summed E-state index contributed by atoms with van der Waals surface area (Å²) in [6.07, 6.45) is 5.31. The zero-order valence-corrected chi connectivity index (χ0v) is 19.1. The lowest BCUT2D eigenvalue weighted by atomic mass is 10.0. The smallest absolute Gasteiger partial charge is 0.263 e. The first-order valence-electron chi connectivity index (χ1n) is 10.6. The Morgan fingerprint density at radius 2 is 1.70 bits per heavy atom. The largest absolute Gasteiger partial charge is 0.348 e. The van der Waals surface area contributed by atoms with Gasteiger partial charge in [0.15, 0.2) is 0 Å². The summed E-state index contributed by atoms with van der Waals surface area (Å²) in [5.74, 6) is 0.317. The quantitative estimate of drug-likeness (QED) is 0.511. The van der Waals surface area contributed by atoms with E-state index in [2.05, 4.69) is 20.3 Å². The van der Waals surface area contributed by atoms with Crippen molar-refractivity contribution in [2.75, 3.05) is 0 Å². The number of nitrogens with zero attached hydrogens (tertiary/aromatic N) is 4. The minimum Gasteiger partial charge on any atom is -0.348 e. The Kier molecular flexibility index (Phi) is 6.13. The molecule has 7 nitrogen and oxygen atoms in total. The number of aromatic nitrogens is 4. The van der Waals surface area contributed by atoms with Gasteiger partial charge in [-0.1, -0.05) is 24.3 Å². The summed E-state index contributed by atoms with van der Waals surface area (Å²) in [6.45, 7) is 5.80. The highest BCUT2D eigenvalue weighted by atomic mass is 16.2. The number of hydrogen-bond acceptors (Lipinski definition) is 5. The zero-order valence-electron chi connectivity index (χ0n) is 19.1. The number of amides is 1. The average Bonchev–Trinajstić information content (AvgIpc) is 2.82. The lowest BCUT2D eigenvalue weighted by Crippen LogP contribution is -2.33. The van der Waals surface area contributed by atoms with E-state index in [1.54, 1.807) is 26.4 Å². The first-order chi connectivity index (χ1) is 15.8. The number of carbonyl (C=O) groups excluding carboxylic acids is 1. The normalized spacial score (nSPS) is 10.8. The van der Waals surface area contributed by atoms with Gasteiger partial charge in [0.1, 0.15) is 11.4 Å². The molecule has 33 heavy (non-hydrogen) atoms. The molecule has 1 amide bonds. The van der Waals surface area contributed by atoms with E-state index in [1.807, 2.05) is 62.5 Å².